The SMILES string of the molecule is CC(C)(C)N.CC(C)[C@@H](C)N.CC(C)[C@H](C)N.CCC(C)N. The first kappa shape index (κ1) is 29.8. The highest BCUT2D eigenvalue weighted by molar-refractivity contribution is 4.60. The van der Waals surface area contributed by atoms with Gasteiger partial charge >= 0.3 is 0 Å². The van der Waals surface area contributed by atoms with Crippen LogP contribution < -0.4 is 22.9 Å². The van der Waals surface area contributed by atoms with E-state index < -0.39 is 0 Å². The fraction of sp³-hybridized carbons (Fsp3) is 1.00. The van der Waals surface area contributed by atoms with E-state index in [1.807, 2.05) is 41.5 Å². The van der Waals surface area contributed by atoms with Crippen molar-refractivity contribution in [1.29, 1.82) is 0 Å². The lowest BCUT2D eigenvalue weighted by Gasteiger charge is -2.06. The maximum Gasteiger partial charge on any atom is 0.00686 e. The molecule has 22 heavy (non-hydrogen) atoms. The van der Waals surface area contributed by atoms with Gasteiger partial charge in [-0.1, -0.05) is 34.6 Å². The zero-order valence-corrected chi connectivity index (χ0v) is 17.4. The van der Waals surface area contributed by atoms with E-state index in [-0.39, 0.29) is 5.54 Å². The number of hydrogen-bond donors (Lipinski definition) is 4. The topological polar surface area (TPSA) is 104 Å². The van der Waals surface area contributed by atoms with Crippen LogP contribution in [0.3, 0.4) is 0 Å². The number of hydrogen-bond acceptors (Lipinski definition) is 4. The third kappa shape index (κ3) is 72.7. The van der Waals surface area contributed by atoms with Gasteiger partial charge in [-0.15, -0.1) is 0 Å². The smallest absolute Gasteiger partial charge is 0.00686 e. The lowest BCUT2D eigenvalue weighted by atomic mass is 10.1. The summed E-state index contributed by atoms with van der Waals surface area (Å²) in [4.78, 5) is 0. The first-order valence-corrected chi connectivity index (χ1v) is 8.61. The minimum Gasteiger partial charge on any atom is -0.328 e. The van der Waals surface area contributed by atoms with E-state index in [9.17, 15) is 0 Å². The summed E-state index contributed by atoms with van der Waals surface area (Å²) in [7, 11) is 0. The molecule has 8 N–H and O–H groups in total. The van der Waals surface area contributed by atoms with Gasteiger partial charge in [-0.3, -0.25) is 0 Å². The molecule has 1 unspecified atom stereocenters. The van der Waals surface area contributed by atoms with Crippen LogP contribution in [0.4, 0.5) is 0 Å². The Morgan fingerprint density at radius 1 is 0.682 bits per heavy atom. The molecule has 0 aromatic heterocycles. The molecule has 3 atom stereocenters. The quantitative estimate of drug-likeness (QED) is 0.639. The van der Waals surface area contributed by atoms with Gasteiger partial charge in [-0.2, -0.15) is 0 Å². The van der Waals surface area contributed by atoms with E-state index in [1.54, 1.807) is 0 Å². The van der Waals surface area contributed by atoms with Crippen LogP contribution in [0.2, 0.25) is 0 Å². The van der Waals surface area contributed by atoms with Crippen molar-refractivity contribution in [2.75, 3.05) is 0 Å². The summed E-state index contributed by atoms with van der Waals surface area (Å²) in [6.07, 6.45) is 1.08. The van der Waals surface area contributed by atoms with Crippen LogP contribution >= 0.6 is 0 Å². The van der Waals surface area contributed by atoms with Crippen molar-refractivity contribution in [1.82, 2.24) is 0 Å². The molecule has 0 amide bonds. The molecular formula is C18H48N4. The molecule has 4 nitrogen and oxygen atoms in total. The fourth-order valence-corrected chi connectivity index (χ4v) is 0. The minimum absolute atomic E-state index is 0. The summed E-state index contributed by atoms with van der Waals surface area (Å²) in [5.74, 6) is 1.26. The van der Waals surface area contributed by atoms with Gasteiger partial charge < -0.3 is 22.9 Å². The van der Waals surface area contributed by atoms with Crippen LogP contribution in [-0.4, -0.2) is 23.7 Å². The van der Waals surface area contributed by atoms with Crippen molar-refractivity contribution in [3.63, 3.8) is 0 Å². The highest BCUT2D eigenvalue weighted by Gasteiger charge is 1.96. The molecular weight excluding hydrogens is 272 g/mol. The zero-order valence-electron chi connectivity index (χ0n) is 17.4. The third-order valence-corrected chi connectivity index (χ3v) is 2.75. The second kappa shape index (κ2) is 17.2. The van der Waals surface area contributed by atoms with Gasteiger partial charge in [0.1, 0.15) is 0 Å². The Balaban J connectivity index is -0.0000000986. The average molecular weight is 321 g/mol. The van der Waals surface area contributed by atoms with Gasteiger partial charge in [0.2, 0.25) is 0 Å². The van der Waals surface area contributed by atoms with Gasteiger partial charge in [0, 0.05) is 23.7 Å². The van der Waals surface area contributed by atoms with Crippen LogP contribution in [0.5, 0.6) is 0 Å². The summed E-state index contributed by atoms with van der Waals surface area (Å²) < 4.78 is 0. The van der Waals surface area contributed by atoms with Crippen LogP contribution in [0, 0.1) is 11.8 Å². The predicted octanol–water partition coefficient (Wildman–Crippen LogP) is 3.47. The predicted molar refractivity (Wildman–Crippen MR) is 105 cm³/mol. The lowest BCUT2D eigenvalue weighted by Crippen LogP contribution is -2.26. The summed E-state index contributed by atoms with van der Waals surface area (Å²) in [5, 5.41) is 0. The Kier molecular flexibility index (Phi) is 23.3. The van der Waals surface area contributed by atoms with Gasteiger partial charge in [-0.05, 0) is 59.8 Å². The van der Waals surface area contributed by atoms with Gasteiger partial charge in [0.05, 0.1) is 0 Å². The summed E-state index contributed by atoms with van der Waals surface area (Å²) in [5.41, 5.74) is 21.5. The largest absolute Gasteiger partial charge is 0.328 e. The molecule has 0 saturated heterocycles. The zero-order chi connectivity index (χ0) is 19.1. The third-order valence-electron chi connectivity index (χ3n) is 2.75. The normalized spacial score (nSPS) is 14.6. The van der Waals surface area contributed by atoms with Gasteiger partial charge in [0.15, 0.2) is 0 Å². The second-order valence-corrected chi connectivity index (χ2v) is 7.96. The molecule has 0 aromatic rings. The molecule has 0 aliphatic carbocycles. The molecule has 0 fully saturated rings. The fourth-order valence-electron chi connectivity index (χ4n) is 0. The van der Waals surface area contributed by atoms with E-state index in [4.69, 9.17) is 22.9 Å². The summed E-state index contributed by atoms with van der Waals surface area (Å²) >= 11 is 0. The van der Waals surface area contributed by atoms with Crippen LogP contribution in [-0.2, 0) is 0 Å². The van der Waals surface area contributed by atoms with Crippen molar-refractivity contribution in [2.45, 2.75) is 106 Å². The molecule has 0 aliphatic rings. The highest BCUT2D eigenvalue weighted by Crippen LogP contribution is 1.94. The van der Waals surface area contributed by atoms with Crippen molar-refractivity contribution < 1.29 is 0 Å². The first-order chi connectivity index (χ1) is 9.56. The van der Waals surface area contributed by atoms with Crippen molar-refractivity contribution in [2.24, 2.45) is 34.8 Å². The van der Waals surface area contributed by atoms with Crippen LogP contribution in [0.25, 0.3) is 0 Å². The maximum atomic E-state index is 5.44. The summed E-state index contributed by atoms with van der Waals surface area (Å²) in [6, 6.07) is 1.09. The van der Waals surface area contributed by atoms with E-state index in [1.165, 1.54) is 0 Å². The molecule has 0 rings (SSSR count). The maximum absolute atomic E-state index is 5.44. The molecule has 0 aromatic carbocycles. The van der Waals surface area contributed by atoms with Crippen LogP contribution in [0.15, 0.2) is 0 Å². The Bertz CT molecular complexity index is 162. The monoisotopic (exact) mass is 320 g/mol. The average Bonchev–Trinajstić information content (AvgIpc) is 2.27. The van der Waals surface area contributed by atoms with Crippen molar-refractivity contribution >= 4 is 0 Å². The molecule has 0 saturated carbocycles. The Morgan fingerprint density at radius 2 is 0.773 bits per heavy atom. The standard InChI is InChI=1S/2C5H13N.2C4H11N/c2*1-4(2)5(3)6;1-4(2,3)5;1-3-4(2)5/h2*4-5H,6H2,1-3H3;5H2,1-3H3;4H,3,5H2,1-2H3/t2*5-;;/m10../s1. The van der Waals surface area contributed by atoms with Crippen molar-refractivity contribution in [3.05, 3.63) is 0 Å². The van der Waals surface area contributed by atoms with Gasteiger partial charge in [0.25, 0.3) is 0 Å². The minimum atomic E-state index is 0. The van der Waals surface area contributed by atoms with E-state index in [2.05, 4.69) is 34.6 Å². The molecule has 0 bridgehead atoms. The Labute approximate surface area is 141 Å². The van der Waals surface area contributed by atoms with E-state index in [0.29, 0.717) is 30.0 Å². The van der Waals surface area contributed by atoms with Crippen LogP contribution in [0.1, 0.15) is 82.6 Å². The summed E-state index contributed by atoms with van der Waals surface area (Å²) in [6.45, 7) is 22.5. The molecule has 0 aliphatic heterocycles. The molecule has 0 heterocycles. The Hall–Kier alpha value is -0.160. The second-order valence-electron chi connectivity index (χ2n) is 7.96. The highest BCUT2D eigenvalue weighted by atomic mass is 14.7. The molecule has 140 valence electrons. The Morgan fingerprint density at radius 3 is 0.773 bits per heavy atom. The molecule has 0 radical (unpaired) electrons. The van der Waals surface area contributed by atoms with E-state index in [0.717, 1.165) is 6.42 Å². The molecule has 4 heteroatoms. The molecule has 0 spiro atoms. The van der Waals surface area contributed by atoms with E-state index >= 15 is 0 Å². The van der Waals surface area contributed by atoms with Gasteiger partial charge in [-0.25, -0.2) is 0 Å². The number of rotatable bonds is 3. The van der Waals surface area contributed by atoms with Crippen molar-refractivity contribution in [3.8, 4) is 0 Å². The first-order valence-electron chi connectivity index (χ1n) is 8.61. The lowest BCUT2D eigenvalue weighted by molar-refractivity contribution is 0.529. The number of nitrogens with two attached hydrogens (primary N) is 4.